The second-order valence-corrected chi connectivity index (χ2v) is 15.2. The average molecular weight is 652 g/mol. The van der Waals surface area contributed by atoms with Gasteiger partial charge in [-0.25, -0.2) is 4.68 Å². The first-order valence-corrected chi connectivity index (χ1v) is 17.3. The summed E-state index contributed by atoms with van der Waals surface area (Å²) in [5.41, 5.74) is 4.12. The van der Waals surface area contributed by atoms with Gasteiger partial charge in [-0.05, 0) is 87.5 Å². The Labute approximate surface area is 285 Å². The van der Waals surface area contributed by atoms with Gasteiger partial charge in [0.15, 0.2) is 0 Å². The van der Waals surface area contributed by atoms with Gasteiger partial charge in [0.2, 0.25) is 0 Å². The molecule has 2 heterocycles. The molecule has 2 aromatic carbocycles. The van der Waals surface area contributed by atoms with E-state index in [1.165, 1.54) is 6.42 Å². The fourth-order valence-corrected chi connectivity index (χ4v) is 8.12. The summed E-state index contributed by atoms with van der Waals surface area (Å²) < 4.78 is 15.3. The molecule has 0 radical (unpaired) electrons. The monoisotopic (exact) mass is 651 g/mol. The minimum absolute atomic E-state index is 0.0532. The summed E-state index contributed by atoms with van der Waals surface area (Å²) in [5.74, 6) is 0.724. The molecular weight excluding hydrogens is 601 g/mol. The highest BCUT2D eigenvalue weighted by Crippen LogP contribution is 2.65. The van der Waals surface area contributed by atoms with Gasteiger partial charge in [-0.15, -0.1) is 0 Å². The first-order chi connectivity index (χ1) is 22.8. The number of carbonyl (C=O) groups excluding carboxylic acids is 2. The predicted molar refractivity (Wildman–Crippen MR) is 189 cm³/mol. The highest BCUT2D eigenvalue weighted by Gasteiger charge is 2.68. The summed E-state index contributed by atoms with van der Waals surface area (Å²) in [5, 5.41) is 14.2. The molecule has 4 fully saturated rings. The lowest BCUT2D eigenvalue weighted by molar-refractivity contribution is -0.199. The SMILES string of the molecule is C=C(N[C@@H](CC(C)C)B1O[C@@H]2C[C@@H]3C[C@@H](C3(C)C)[C@]2(C)O1)[C@H](CNC(=O)c1ccc(C)cc1)NC(=O)c1cnn(-c2ccccc2)c1C. The van der Waals surface area contributed by atoms with Crippen molar-refractivity contribution in [2.75, 3.05) is 6.54 Å². The predicted octanol–water partition coefficient (Wildman–Crippen LogP) is 5.80. The van der Waals surface area contributed by atoms with Gasteiger partial charge in [-0.1, -0.05) is 70.2 Å². The molecule has 3 saturated carbocycles. The lowest BCUT2D eigenvalue weighted by Gasteiger charge is -2.64. The Morgan fingerprint density at radius 3 is 2.40 bits per heavy atom. The van der Waals surface area contributed by atoms with Crippen LogP contribution in [0.1, 0.15) is 85.9 Å². The Morgan fingerprint density at radius 1 is 1.02 bits per heavy atom. The van der Waals surface area contributed by atoms with Crippen molar-refractivity contribution in [1.29, 1.82) is 0 Å². The van der Waals surface area contributed by atoms with Crippen LogP contribution in [0.25, 0.3) is 5.69 Å². The van der Waals surface area contributed by atoms with Crippen molar-refractivity contribution in [1.82, 2.24) is 25.7 Å². The molecule has 254 valence electrons. The number of para-hydroxylation sites is 1. The van der Waals surface area contributed by atoms with Crippen LogP contribution in [0.3, 0.4) is 0 Å². The van der Waals surface area contributed by atoms with E-state index >= 15 is 0 Å². The normalized spacial score (nSPS) is 25.1. The van der Waals surface area contributed by atoms with Gasteiger partial charge >= 0.3 is 7.12 Å². The van der Waals surface area contributed by atoms with Gasteiger partial charge < -0.3 is 25.3 Å². The molecule has 1 saturated heterocycles. The molecule has 3 aromatic rings. The van der Waals surface area contributed by atoms with Gasteiger partial charge in [0.05, 0.1) is 46.8 Å². The van der Waals surface area contributed by atoms with Crippen molar-refractivity contribution in [3.8, 4) is 5.69 Å². The Hall–Kier alpha value is -3.89. The van der Waals surface area contributed by atoms with Gasteiger partial charge in [-0.2, -0.15) is 5.10 Å². The van der Waals surface area contributed by atoms with Crippen LogP contribution < -0.4 is 16.0 Å². The van der Waals surface area contributed by atoms with Crippen molar-refractivity contribution in [2.24, 2.45) is 23.2 Å². The van der Waals surface area contributed by atoms with Crippen LogP contribution in [0, 0.1) is 37.0 Å². The first kappa shape index (κ1) is 34.0. The summed E-state index contributed by atoms with van der Waals surface area (Å²) in [6, 6.07) is 16.5. The Bertz CT molecular complexity index is 1650. The molecule has 7 rings (SSSR count). The van der Waals surface area contributed by atoms with Crippen LogP contribution in [0.15, 0.2) is 73.1 Å². The standard InChI is InChI=1S/C38H50BN5O4/c1-23(2)18-34(39-47-33-20-28-19-32(37(28,6)7)38(33,8)48-39)42-25(4)31(22-40-35(45)27-16-14-24(3)15-17-27)43-36(46)30-21-41-44(26(30)5)29-12-10-9-11-13-29/h9-17,21,23,28,31-34,42H,4,18-20,22H2,1-3,5-8H3,(H,40,45)(H,43,46)/t28-,31-,32-,33+,34-,38-/m0/s1. The largest absolute Gasteiger partial charge is 0.481 e. The molecule has 6 atom stereocenters. The molecule has 2 bridgehead atoms. The van der Waals surface area contributed by atoms with Crippen LogP contribution >= 0.6 is 0 Å². The van der Waals surface area contributed by atoms with Crippen LogP contribution in [0.4, 0.5) is 0 Å². The van der Waals surface area contributed by atoms with Gasteiger partial charge in [0.25, 0.3) is 11.8 Å². The molecule has 10 heteroatoms. The molecule has 4 aliphatic rings. The summed E-state index contributed by atoms with van der Waals surface area (Å²) in [6.07, 6.45) is 4.60. The van der Waals surface area contributed by atoms with Crippen molar-refractivity contribution in [2.45, 2.75) is 91.4 Å². The van der Waals surface area contributed by atoms with Gasteiger partial charge in [0.1, 0.15) is 0 Å². The second-order valence-electron chi connectivity index (χ2n) is 15.2. The summed E-state index contributed by atoms with van der Waals surface area (Å²) in [6.45, 7) is 19.7. The number of nitrogens with zero attached hydrogens (tertiary/aromatic N) is 2. The van der Waals surface area contributed by atoms with Crippen LogP contribution in [-0.4, -0.2) is 58.9 Å². The van der Waals surface area contributed by atoms with Crippen LogP contribution in [0.5, 0.6) is 0 Å². The third-order valence-electron chi connectivity index (χ3n) is 11.2. The van der Waals surface area contributed by atoms with Gasteiger partial charge in [-0.3, -0.25) is 9.59 Å². The zero-order valence-corrected chi connectivity index (χ0v) is 29.4. The van der Waals surface area contributed by atoms with E-state index in [0.717, 1.165) is 24.1 Å². The maximum absolute atomic E-state index is 13.8. The fourth-order valence-electron chi connectivity index (χ4n) is 8.12. The highest BCUT2D eigenvalue weighted by molar-refractivity contribution is 6.47. The number of nitrogens with one attached hydrogen (secondary N) is 3. The minimum Gasteiger partial charge on any atom is -0.404 e. The van der Waals surface area contributed by atoms with E-state index in [1.807, 2.05) is 56.3 Å². The molecule has 2 amide bonds. The zero-order valence-electron chi connectivity index (χ0n) is 29.4. The van der Waals surface area contributed by atoms with E-state index in [4.69, 9.17) is 9.31 Å². The van der Waals surface area contributed by atoms with E-state index in [2.05, 4.69) is 62.2 Å². The maximum atomic E-state index is 13.8. The molecule has 3 N–H and O–H groups in total. The number of benzene rings is 2. The number of hydrogen-bond acceptors (Lipinski definition) is 6. The summed E-state index contributed by atoms with van der Waals surface area (Å²) in [7, 11) is -0.459. The molecule has 3 aliphatic carbocycles. The second kappa shape index (κ2) is 13.2. The third kappa shape index (κ3) is 6.44. The first-order valence-electron chi connectivity index (χ1n) is 17.3. The Morgan fingerprint density at radius 2 is 1.73 bits per heavy atom. The number of carbonyl (C=O) groups is 2. The van der Waals surface area contributed by atoms with E-state index in [1.54, 1.807) is 23.0 Å². The van der Waals surface area contributed by atoms with Gasteiger partial charge in [0, 0.05) is 17.8 Å². The molecule has 1 aromatic heterocycles. The zero-order chi connectivity index (χ0) is 34.4. The van der Waals surface area contributed by atoms with Crippen LogP contribution in [0.2, 0.25) is 0 Å². The third-order valence-corrected chi connectivity index (χ3v) is 11.2. The average Bonchev–Trinajstić information content (AvgIpc) is 3.62. The molecular formula is C38H50BN5O4. The van der Waals surface area contributed by atoms with E-state index < -0.39 is 13.2 Å². The van der Waals surface area contributed by atoms with E-state index in [0.29, 0.717) is 40.3 Å². The number of rotatable bonds is 12. The quantitative estimate of drug-likeness (QED) is 0.214. The number of hydrogen-bond donors (Lipinski definition) is 3. The van der Waals surface area contributed by atoms with E-state index in [9.17, 15) is 9.59 Å². The molecule has 48 heavy (non-hydrogen) atoms. The summed E-state index contributed by atoms with van der Waals surface area (Å²) >= 11 is 0. The van der Waals surface area contributed by atoms with Crippen molar-refractivity contribution in [3.05, 3.63) is 95.5 Å². The number of amides is 2. The molecule has 9 nitrogen and oxygen atoms in total. The minimum atomic E-state index is -0.632. The topological polar surface area (TPSA) is 107 Å². The maximum Gasteiger partial charge on any atom is 0.481 e. The Kier molecular flexibility index (Phi) is 9.35. The van der Waals surface area contributed by atoms with Crippen molar-refractivity contribution in [3.63, 3.8) is 0 Å². The number of aromatic nitrogens is 2. The lowest BCUT2D eigenvalue weighted by Crippen LogP contribution is -2.65. The molecule has 1 aliphatic heterocycles. The fraction of sp³-hybridized carbons (Fsp3) is 0.500. The van der Waals surface area contributed by atoms with Crippen molar-refractivity contribution < 1.29 is 18.9 Å². The van der Waals surface area contributed by atoms with Crippen molar-refractivity contribution >= 4 is 18.9 Å². The number of aryl methyl sites for hydroxylation is 1. The Balaban J connectivity index is 1.21. The molecule has 0 spiro atoms. The smallest absolute Gasteiger partial charge is 0.404 e. The highest BCUT2D eigenvalue weighted by atomic mass is 16.7. The van der Waals surface area contributed by atoms with E-state index in [-0.39, 0.29) is 41.4 Å². The summed E-state index contributed by atoms with van der Waals surface area (Å²) in [4.78, 5) is 27.0. The lowest BCUT2D eigenvalue weighted by atomic mass is 9.43. The van der Waals surface area contributed by atoms with Crippen LogP contribution in [-0.2, 0) is 9.31 Å². The molecule has 0 unspecified atom stereocenters.